The second-order valence-electron chi connectivity index (χ2n) is 3.98. The normalized spacial score (nSPS) is 10.1. The molecule has 0 fully saturated rings. The second-order valence-corrected chi connectivity index (χ2v) is 4.90. The highest BCUT2D eigenvalue weighted by Crippen LogP contribution is 2.22. The molecule has 0 amide bonds. The fourth-order valence-electron chi connectivity index (χ4n) is 1.38. The van der Waals surface area contributed by atoms with Crippen molar-refractivity contribution in [1.29, 1.82) is 0 Å². The zero-order chi connectivity index (χ0) is 11.3. The van der Waals surface area contributed by atoms with Crippen LogP contribution in [0.3, 0.4) is 0 Å². The average molecular weight is 309 g/mol. The van der Waals surface area contributed by atoms with Crippen molar-refractivity contribution in [2.24, 2.45) is 5.92 Å². The lowest BCUT2D eigenvalue weighted by molar-refractivity contribution is 0.406. The first-order chi connectivity index (χ1) is 7.13. The van der Waals surface area contributed by atoms with Crippen LogP contribution in [0.25, 0.3) is 0 Å². The Morgan fingerprint density at radius 1 is 1.38 bits per heavy atom. The van der Waals surface area contributed by atoms with Crippen LogP contribution < -0.4 is 10.1 Å². The summed E-state index contributed by atoms with van der Waals surface area (Å²) in [6.07, 6.45) is 0. The lowest BCUT2D eigenvalue weighted by Gasteiger charge is -2.11. The van der Waals surface area contributed by atoms with Gasteiger partial charge in [0.15, 0.2) is 0 Å². The first kappa shape index (κ1) is 15.8. The monoisotopic (exact) mass is 307 g/mol. The van der Waals surface area contributed by atoms with Gasteiger partial charge in [-0.3, -0.25) is 0 Å². The maximum absolute atomic E-state index is 5.30. The first-order valence-corrected chi connectivity index (χ1v) is 5.96. The highest BCUT2D eigenvalue weighted by Gasteiger charge is 2.03. The average Bonchev–Trinajstić information content (AvgIpc) is 2.17. The van der Waals surface area contributed by atoms with Gasteiger partial charge in [-0.1, -0.05) is 29.8 Å². The second kappa shape index (κ2) is 7.93. The Morgan fingerprint density at radius 2 is 2.06 bits per heavy atom. The van der Waals surface area contributed by atoms with Crippen LogP contribution in [0.15, 0.2) is 22.7 Å². The van der Waals surface area contributed by atoms with Crippen LogP contribution >= 0.6 is 28.3 Å². The van der Waals surface area contributed by atoms with Crippen molar-refractivity contribution in [2.75, 3.05) is 13.7 Å². The van der Waals surface area contributed by atoms with Gasteiger partial charge in [0.25, 0.3) is 0 Å². The summed E-state index contributed by atoms with van der Waals surface area (Å²) < 4.78 is 6.38. The molecule has 0 radical (unpaired) electrons. The summed E-state index contributed by atoms with van der Waals surface area (Å²) in [6, 6.07) is 6.06. The van der Waals surface area contributed by atoms with Gasteiger partial charge in [0.1, 0.15) is 5.75 Å². The minimum Gasteiger partial charge on any atom is -0.496 e. The summed E-state index contributed by atoms with van der Waals surface area (Å²) in [4.78, 5) is 0. The highest BCUT2D eigenvalue weighted by molar-refractivity contribution is 9.10. The molecular formula is C12H19BrClNO. The van der Waals surface area contributed by atoms with E-state index in [1.54, 1.807) is 7.11 Å². The molecule has 92 valence electrons. The molecule has 0 aromatic heterocycles. The van der Waals surface area contributed by atoms with E-state index < -0.39 is 0 Å². The summed E-state index contributed by atoms with van der Waals surface area (Å²) in [5.74, 6) is 1.61. The maximum Gasteiger partial charge on any atom is 0.123 e. The number of nitrogens with one attached hydrogen (secondary N) is 1. The van der Waals surface area contributed by atoms with Crippen LogP contribution in [0.1, 0.15) is 19.4 Å². The molecule has 16 heavy (non-hydrogen) atoms. The predicted molar refractivity (Wildman–Crippen MR) is 74.5 cm³/mol. The molecule has 2 nitrogen and oxygen atoms in total. The number of ether oxygens (including phenoxy) is 1. The zero-order valence-corrected chi connectivity index (χ0v) is 12.3. The van der Waals surface area contributed by atoms with Gasteiger partial charge in [0.2, 0.25) is 0 Å². The van der Waals surface area contributed by atoms with Gasteiger partial charge in [0.05, 0.1) is 7.11 Å². The van der Waals surface area contributed by atoms with Gasteiger partial charge in [-0.25, -0.2) is 0 Å². The number of methoxy groups -OCH3 is 1. The minimum absolute atomic E-state index is 0. The van der Waals surface area contributed by atoms with Crippen LogP contribution in [-0.4, -0.2) is 13.7 Å². The SMILES string of the molecule is COc1ccc(Br)cc1CNCC(C)C.Cl. The molecule has 0 aliphatic carbocycles. The maximum atomic E-state index is 5.30. The van der Waals surface area contributed by atoms with Crippen molar-refractivity contribution in [3.63, 3.8) is 0 Å². The van der Waals surface area contributed by atoms with Crippen molar-refractivity contribution < 1.29 is 4.74 Å². The van der Waals surface area contributed by atoms with Crippen LogP contribution in [0.4, 0.5) is 0 Å². The van der Waals surface area contributed by atoms with Crippen LogP contribution in [0.2, 0.25) is 0 Å². The molecule has 0 aliphatic heterocycles. The van der Waals surface area contributed by atoms with Crippen molar-refractivity contribution in [2.45, 2.75) is 20.4 Å². The third kappa shape index (κ3) is 5.19. The lowest BCUT2D eigenvalue weighted by Crippen LogP contribution is -2.19. The molecule has 0 saturated heterocycles. The molecule has 4 heteroatoms. The fraction of sp³-hybridized carbons (Fsp3) is 0.500. The minimum atomic E-state index is 0. The van der Waals surface area contributed by atoms with Crippen LogP contribution in [0, 0.1) is 5.92 Å². The van der Waals surface area contributed by atoms with E-state index in [1.165, 1.54) is 5.56 Å². The van der Waals surface area contributed by atoms with Crippen molar-refractivity contribution in [3.05, 3.63) is 28.2 Å². The number of hydrogen-bond donors (Lipinski definition) is 1. The Hall–Kier alpha value is -0.250. The summed E-state index contributed by atoms with van der Waals surface area (Å²) in [7, 11) is 1.70. The Labute approximate surface area is 112 Å². The molecule has 0 spiro atoms. The van der Waals surface area contributed by atoms with Crippen LogP contribution in [-0.2, 0) is 6.54 Å². The van der Waals surface area contributed by atoms with Crippen molar-refractivity contribution in [1.82, 2.24) is 5.32 Å². The molecular weight excluding hydrogens is 289 g/mol. The van der Waals surface area contributed by atoms with E-state index >= 15 is 0 Å². The van der Waals surface area contributed by atoms with Gasteiger partial charge in [-0.05, 0) is 30.7 Å². The zero-order valence-electron chi connectivity index (χ0n) is 9.92. The van der Waals surface area contributed by atoms with E-state index in [9.17, 15) is 0 Å². The smallest absolute Gasteiger partial charge is 0.123 e. The van der Waals surface area contributed by atoms with Crippen molar-refractivity contribution in [3.8, 4) is 5.75 Å². The lowest BCUT2D eigenvalue weighted by atomic mass is 10.2. The predicted octanol–water partition coefficient (Wildman–Crippen LogP) is 3.63. The van der Waals surface area contributed by atoms with Gasteiger partial charge in [-0.15, -0.1) is 12.4 Å². The summed E-state index contributed by atoms with van der Waals surface area (Å²) in [5.41, 5.74) is 1.19. The molecule has 1 aromatic carbocycles. The van der Waals surface area contributed by atoms with Gasteiger partial charge in [0, 0.05) is 16.6 Å². The summed E-state index contributed by atoms with van der Waals surface area (Å²) in [6.45, 7) is 6.27. The summed E-state index contributed by atoms with van der Waals surface area (Å²) in [5, 5.41) is 3.40. The highest BCUT2D eigenvalue weighted by atomic mass is 79.9. The topological polar surface area (TPSA) is 21.3 Å². The third-order valence-electron chi connectivity index (χ3n) is 2.11. The standard InChI is InChI=1S/C12H18BrNO.ClH/c1-9(2)7-14-8-10-6-11(13)4-5-12(10)15-3;/h4-6,9,14H,7-8H2,1-3H3;1H. The quantitative estimate of drug-likeness (QED) is 0.897. The van der Waals surface area contributed by atoms with Gasteiger partial charge in [-0.2, -0.15) is 0 Å². The van der Waals surface area contributed by atoms with E-state index in [1.807, 2.05) is 12.1 Å². The number of hydrogen-bond acceptors (Lipinski definition) is 2. The number of rotatable bonds is 5. The van der Waals surface area contributed by atoms with E-state index in [-0.39, 0.29) is 12.4 Å². The van der Waals surface area contributed by atoms with E-state index in [4.69, 9.17) is 4.74 Å². The Bertz CT molecular complexity index is 318. The van der Waals surface area contributed by atoms with Gasteiger partial charge >= 0.3 is 0 Å². The molecule has 0 atom stereocenters. The van der Waals surface area contributed by atoms with Crippen molar-refractivity contribution >= 4 is 28.3 Å². The molecule has 1 rings (SSSR count). The Morgan fingerprint density at radius 3 is 2.62 bits per heavy atom. The fourth-order valence-corrected chi connectivity index (χ4v) is 1.79. The first-order valence-electron chi connectivity index (χ1n) is 5.16. The molecule has 1 aromatic rings. The van der Waals surface area contributed by atoms with E-state index in [0.29, 0.717) is 5.92 Å². The van der Waals surface area contributed by atoms with E-state index in [0.717, 1.165) is 23.3 Å². The number of benzene rings is 1. The Balaban J connectivity index is 0.00000225. The number of halogens is 2. The molecule has 0 heterocycles. The Kier molecular flexibility index (Phi) is 7.81. The largest absolute Gasteiger partial charge is 0.496 e. The van der Waals surface area contributed by atoms with Gasteiger partial charge < -0.3 is 10.1 Å². The molecule has 1 N–H and O–H groups in total. The molecule has 0 saturated carbocycles. The third-order valence-corrected chi connectivity index (χ3v) is 2.60. The summed E-state index contributed by atoms with van der Waals surface area (Å²) >= 11 is 3.46. The molecule has 0 unspecified atom stereocenters. The molecule has 0 bridgehead atoms. The van der Waals surface area contributed by atoms with Crippen LogP contribution in [0.5, 0.6) is 5.75 Å². The van der Waals surface area contributed by atoms with E-state index in [2.05, 4.69) is 41.2 Å². The molecule has 0 aliphatic rings.